The maximum absolute atomic E-state index is 12.2. The molecule has 0 spiro atoms. The lowest BCUT2D eigenvalue weighted by Crippen LogP contribution is -2.12. The molecule has 0 fully saturated rings. The zero-order valence-corrected chi connectivity index (χ0v) is 12.5. The third-order valence-electron chi connectivity index (χ3n) is 2.69. The number of rotatable bonds is 4. The number of nitrogen functional groups attached to an aromatic ring is 1. The first kappa shape index (κ1) is 14.0. The molecule has 2 N–H and O–H groups in total. The number of nitrogens with two attached hydrogens (primary N) is 1. The number of benzene rings is 1. The maximum atomic E-state index is 12.2. The molecule has 0 radical (unpaired) electrons. The number of pyridine rings is 1. The third kappa shape index (κ3) is 3.54. The minimum atomic E-state index is -3.43. The van der Waals surface area contributed by atoms with Gasteiger partial charge < -0.3 is 5.73 Å². The van der Waals surface area contributed by atoms with Crippen molar-refractivity contribution in [3.8, 4) is 0 Å². The Morgan fingerprint density at radius 1 is 1.21 bits per heavy atom. The fourth-order valence-corrected chi connectivity index (χ4v) is 3.57. The van der Waals surface area contributed by atoms with Crippen LogP contribution in [0, 0.1) is 0 Å². The summed E-state index contributed by atoms with van der Waals surface area (Å²) in [6.45, 7) is 0. The van der Waals surface area contributed by atoms with Crippen molar-refractivity contribution in [2.24, 2.45) is 0 Å². The number of aromatic nitrogens is 1. The van der Waals surface area contributed by atoms with E-state index >= 15 is 0 Å². The lowest BCUT2D eigenvalue weighted by atomic mass is 10.2. The first-order chi connectivity index (χ1) is 8.99. The molecule has 0 amide bonds. The monoisotopic (exact) mass is 340 g/mol. The summed E-state index contributed by atoms with van der Waals surface area (Å²) in [5, 5.41) is 0. The highest BCUT2D eigenvalue weighted by atomic mass is 79.9. The summed E-state index contributed by atoms with van der Waals surface area (Å²) in [5.41, 5.74) is 6.61. The Morgan fingerprint density at radius 2 is 1.89 bits per heavy atom. The average molecular weight is 341 g/mol. The normalized spacial score (nSPS) is 11.4. The van der Waals surface area contributed by atoms with Crippen LogP contribution in [0.25, 0.3) is 0 Å². The molecule has 1 aromatic carbocycles. The molecule has 0 unspecified atom stereocenters. The number of anilines is 1. The van der Waals surface area contributed by atoms with E-state index < -0.39 is 9.84 Å². The molecular formula is C13H13BrN2O2S. The van der Waals surface area contributed by atoms with Gasteiger partial charge >= 0.3 is 0 Å². The molecule has 2 rings (SSSR count). The summed E-state index contributed by atoms with van der Waals surface area (Å²) in [4.78, 5) is 3.93. The highest BCUT2D eigenvalue weighted by molar-refractivity contribution is 9.10. The lowest BCUT2D eigenvalue weighted by Gasteiger charge is -2.07. The summed E-state index contributed by atoms with van der Waals surface area (Å²) in [6.07, 6.45) is 1.93. The van der Waals surface area contributed by atoms with E-state index in [1.165, 1.54) is 12.3 Å². The van der Waals surface area contributed by atoms with Crippen LogP contribution in [-0.2, 0) is 16.3 Å². The molecule has 0 aliphatic carbocycles. The maximum Gasteiger partial charge on any atom is 0.182 e. The first-order valence-corrected chi connectivity index (χ1v) is 8.11. The Morgan fingerprint density at radius 3 is 2.58 bits per heavy atom. The van der Waals surface area contributed by atoms with Crippen LogP contribution in [0.5, 0.6) is 0 Å². The van der Waals surface area contributed by atoms with Gasteiger partial charge in [-0.2, -0.15) is 0 Å². The van der Waals surface area contributed by atoms with E-state index in [9.17, 15) is 8.42 Å². The summed E-state index contributed by atoms with van der Waals surface area (Å²) in [6, 6.07) is 11.0. The lowest BCUT2D eigenvalue weighted by molar-refractivity contribution is 0.595. The van der Waals surface area contributed by atoms with Crippen LogP contribution < -0.4 is 5.73 Å². The predicted octanol–water partition coefficient (Wildman–Crippen LogP) is 2.44. The van der Waals surface area contributed by atoms with Crippen molar-refractivity contribution in [1.82, 2.24) is 4.98 Å². The van der Waals surface area contributed by atoms with Crippen LogP contribution in [0.4, 0.5) is 5.82 Å². The Balaban J connectivity index is 2.21. The number of sulfone groups is 1. The van der Waals surface area contributed by atoms with Gasteiger partial charge in [-0.1, -0.05) is 30.3 Å². The van der Waals surface area contributed by atoms with Crippen LogP contribution in [0.15, 0.2) is 52.0 Å². The van der Waals surface area contributed by atoms with Crippen LogP contribution >= 0.6 is 15.9 Å². The fourth-order valence-electron chi connectivity index (χ4n) is 1.69. The summed E-state index contributed by atoms with van der Waals surface area (Å²) < 4.78 is 25.1. The molecule has 19 heavy (non-hydrogen) atoms. The smallest absolute Gasteiger partial charge is 0.182 e. The average Bonchev–Trinajstić information content (AvgIpc) is 2.40. The standard InChI is InChI=1S/C13H13BrN2O2S/c14-11-8-12(13(15)16-9-11)19(17,18)7-6-10-4-2-1-3-5-10/h1-5,8-9H,6-7H2,(H2,15,16). The van der Waals surface area contributed by atoms with Gasteiger partial charge in [0.05, 0.1) is 5.75 Å². The SMILES string of the molecule is Nc1ncc(Br)cc1S(=O)(=O)CCc1ccccc1. The van der Waals surface area contributed by atoms with Crippen molar-refractivity contribution >= 4 is 31.6 Å². The van der Waals surface area contributed by atoms with E-state index in [0.29, 0.717) is 10.9 Å². The van der Waals surface area contributed by atoms with Crippen molar-refractivity contribution in [2.75, 3.05) is 11.5 Å². The van der Waals surface area contributed by atoms with Crippen molar-refractivity contribution in [3.05, 3.63) is 52.6 Å². The molecule has 1 aromatic heterocycles. The van der Waals surface area contributed by atoms with Gasteiger partial charge in [0.1, 0.15) is 10.7 Å². The topological polar surface area (TPSA) is 73.0 Å². The molecule has 0 atom stereocenters. The largest absolute Gasteiger partial charge is 0.383 e. The van der Waals surface area contributed by atoms with Gasteiger partial charge in [0, 0.05) is 10.7 Å². The van der Waals surface area contributed by atoms with Crippen LogP contribution in [-0.4, -0.2) is 19.2 Å². The van der Waals surface area contributed by atoms with E-state index in [2.05, 4.69) is 20.9 Å². The van der Waals surface area contributed by atoms with Crippen LogP contribution in [0.3, 0.4) is 0 Å². The fraction of sp³-hybridized carbons (Fsp3) is 0.154. The molecule has 1 heterocycles. The van der Waals surface area contributed by atoms with Gasteiger partial charge in [-0.15, -0.1) is 0 Å². The zero-order chi connectivity index (χ0) is 13.9. The van der Waals surface area contributed by atoms with Crippen molar-refractivity contribution in [2.45, 2.75) is 11.3 Å². The van der Waals surface area contributed by atoms with Gasteiger partial charge in [-0.3, -0.25) is 0 Å². The van der Waals surface area contributed by atoms with Gasteiger partial charge in [-0.25, -0.2) is 13.4 Å². The number of hydrogen-bond donors (Lipinski definition) is 1. The molecule has 0 aliphatic heterocycles. The van der Waals surface area contributed by atoms with E-state index in [-0.39, 0.29) is 16.5 Å². The molecule has 0 bridgehead atoms. The Labute approximate surface area is 120 Å². The molecule has 100 valence electrons. The van der Waals surface area contributed by atoms with Crippen molar-refractivity contribution in [3.63, 3.8) is 0 Å². The highest BCUT2D eigenvalue weighted by Crippen LogP contribution is 2.22. The van der Waals surface area contributed by atoms with E-state index in [4.69, 9.17) is 5.73 Å². The Bertz CT molecular complexity index is 672. The van der Waals surface area contributed by atoms with Crippen molar-refractivity contribution < 1.29 is 8.42 Å². The summed E-state index contributed by atoms with van der Waals surface area (Å²) in [5.74, 6) is 0.0514. The number of hydrogen-bond acceptors (Lipinski definition) is 4. The number of nitrogens with zero attached hydrogens (tertiary/aromatic N) is 1. The molecule has 0 saturated heterocycles. The second kappa shape index (κ2) is 5.71. The quantitative estimate of drug-likeness (QED) is 0.927. The molecule has 0 aliphatic rings. The molecule has 6 heteroatoms. The summed E-state index contributed by atoms with van der Waals surface area (Å²) in [7, 11) is -3.43. The zero-order valence-electron chi connectivity index (χ0n) is 10.1. The van der Waals surface area contributed by atoms with Crippen LogP contribution in [0.2, 0.25) is 0 Å². The predicted molar refractivity (Wildman–Crippen MR) is 78.5 cm³/mol. The van der Waals surface area contributed by atoms with Crippen LogP contribution in [0.1, 0.15) is 5.56 Å². The molecule has 4 nitrogen and oxygen atoms in total. The molecule has 0 saturated carbocycles. The minimum absolute atomic E-state index is 0.0132. The number of aryl methyl sites for hydroxylation is 1. The Hall–Kier alpha value is -1.40. The minimum Gasteiger partial charge on any atom is -0.383 e. The van der Waals surface area contributed by atoms with Gasteiger partial charge in [0.2, 0.25) is 0 Å². The molecular weight excluding hydrogens is 328 g/mol. The van der Waals surface area contributed by atoms with Gasteiger partial charge in [0.15, 0.2) is 9.84 Å². The first-order valence-electron chi connectivity index (χ1n) is 5.67. The molecule has 2 aromatic rings. The van der Waals surface area contributed by atoms with E-state index in [1.54, 1.807) is 0 Å². The summed E-state index contributed by atoms with van der Waals surface area (Å²) >= 11 is 3.20. The second-order valence-corrected chi connectivity index (χ2v) is 7.08. The third-order valence-corrected chi connectivity index (χ3v) is 4.86. The second-order valence-electron chi connectivity index (χ2n) is 4.09. The van der Waals surface area contributed by atoms with Crippen molar-refractivity contribution in [1.29, 1.82) is 0 Å². The number of halogens is 1. The van der Waals surface area contributed by atoms with Gasteiger partial charge in [0.25, 0.3) is 0 Å². The van der Waals surface area contributed by atoms with E-state index in [0.717, 1.165) is 5.56 Å². The highest BCUT2D eigenvalue weighted by Gasteiger charge is 2.19. The van der Waals surface area contributed by atoms with Gasteiger partial charge in [-0.05, 0) is 34.0 Å². The Kier molecular flexibility index (Phi) is 4.21. The van der Waals surface area contributed by atoms with E-state index in [1.807, 2.05) is 30.3 Å².